The van der Waals surface area contributed by atoms with Crippen molar-refractivity contribution < 1.29 is 0 Å². The third-order valence-electron chi connectivity index (χ3n) is 5.75. The summed E-state index contributed by atoms with van der Waals surface area (Å²) in [6.45, 7) is 4.69. The molecule has 0 bridgehead atoms. The van der Waals surface area contributed by atoms with Crippen LogP contribution < -0.4 is 5.32 Å². The molecule has 3 aromatic rings. The molecule has 2 heterocycles. The molecule has 0 fully saturated rings. The normalized spacial score (nSPS) is 20.7. The van der Waals surface area contributed by atoms with Gasteiger partial charge in [-0.2, -0.15) is 0 Å². The first-order chi connectivity index (χ1) is 11.6. The summed E-state index contributed by atoms with van der Waals surface area (Å²) in [5.41, 5.74) is 8.13. The van der Waals surface area contributed by atoms with Gasteiger partial charge in [-0.1, -0.05) is 56.3 Å². The van der Waals surface area contributed by atoms with Crippen molar-refractivity contribution in [3.05, 3.63) is 70.9 Å². The molecule has 0 saturated carbocycles. The number of fused-ring (bicyclic) bond motifs is 4. The van der Waals surface area contributed by atoms with Gasteiger partial charge in [0.1, 0.15) is 0 Å². The molecule has 0 radical (unpaired) electrons. The summed E-state index contributed by atoms with van der Waals surface area (Å²) in [5.74, 6) is 0. The number of hydrogen-bond acceptors (Lipinski definition) is 1. The predicted octanol–water partition coefficient (Wildman–Crippen LogP) is 5.57. The van der Waals surface area contributed by atoms with E-state index in [2.05, 4.69) is 78.8 Å². The Kier molecular flexibility index (Phi) is 2.76. The molecular formula is C22H22N2. The number of hydrogen-bond donors (Lipinski definition) is 2. The summed E-state index contributed by atoms with van der Waals surface area (Å²) < 4.78 is 0. The first-order valence-corrected chi connectivity index (χ1v) is 8.82. The van der Waals surface area contributed by atoms with Gasteiger partial charge in [0.2, 0.25) is 0 Å². The van der Waals surface area contributed by atoms with E-state index < -0.39 is 0 Å². The zero-order valence-electron chi connectivity index (χ0n) is 14.2. The van der Waals surface area contributed by atoms with Crippen molar-refractivity contribution in [2.75, 3.05) is 5.32 Å². The monoisotopic (exact) mass is 314 g/mol. The van der Waals surface area contributed by atoms with Crippen LogP contribution in [0.15, 0.2) is 48.5 Å². The van der Waals surface area contributed by atoms with Gasteiger partial charge in [-0.25, -0.2) is 0 Å². The van der Waals surface area contributed by atoms with Gasteiger partial charge in [-0.05, 0) is 36.1 Å². The molecule has 24 heavy (non-hydrogen) atoms. The molecule has 1 unspecified atom stereocenters. The maximum atomic E-state index is 3.79. The van der Waals surface area contributed by atoms with Crippen LogP contribution >= 0.6 is 0 Å². The van der Waals surface area contributed by atoms with E-state index in [1.54, 1.807) is 0 Å². The summed E-state index contributed by atoms with van der Waals surface area (Å²) in [6.07, 6.45) is 6.82. The zero-order valence-corrected chi connectivity index (χ0v) is 14.2. The van der Waals surface area contributed by atoms with Crippen molar-refractivity contribution in [2.24, 2.45) is 0 Å². The van der Waals surface area contributed by atoms with E-state index in [1.165, 1.54) is 39.0 Å². The summed E-state index contributed by atoms with van der Waals surface area (Å²) in [6, 6.07) is 15.8. The van der Waals surface area contributed by atoms with Crippen LogP contribution in [0.4, 0.5) is 5.69 Å². The number of aryl methyl sites for hydroxylation is 1. The highest BCUT2D eigenvalue weighted by Crippen LogP contribution is 2.50. The van der Waals surface area contributed by atoms with Crippen LogP contribution in [-0.2, 0) is 11.8 Å². The lowest BCUT2D eigenvalue weighted by molar-refractivity contribution is 0.474. The maximum Gasteiger partial charge on any atom is 0.0606 e. The van der Waals surface area contributed by atoms with Crippen LogP contribution in [0.25, 0.3) is 17.0 Å². The van der Waals surface area contributed by atoms with Gasteiger partial charge in [0.15, 0.2) is 0 Å². The fourth-order valence-corrected chi connectivity index (χ4v) is 4.42. The van der Waals surface area contributed by atoms with E-state index in [9.17, 15) is 0 Å². The Bertz CT molecular complexity index is 961. The van der Waals surface area contributed by atoms with Gasteiger partial charge >= 0.3 is 0 Å². The lowest BCUT2D eigenvalue weighted by Crippen LogP contribution is -2.25. The van der Waals surface area contributed by atoms with Crippen molar-refractivity contribution in [1.29, 1.82) is 0 Å². The summed E-state index contributed by atoms with van der Waals surface area (Å²) >= 11 is 0. The highest BCUT2D eigenvalue weighted by atomic mass is 15.0. The Balaban J connectivity index is 1.68. The van der Waals surface area contributed by atoms with Crippen LogP contribution in [0.1, 0.15) is 48.7 Å². The smallest absolute Gasteiger partial charge is 0.0606 e. The highest BCUT2D eigenvalue weighted by Gasteiger charge is 2.40. The lowest BCUT2D eigenvalue weighted by atomic mass is 9.77. The number of H-pyrrole nitrogens is 1. The van der Waals surface area contributed by atoms with Crippen LogP contribution in [0.3, 0.4) is 0 Å². The SMILES string of the molecule is CC1(C)c2cc3[nH]c4c(c3cc2NC1c1ccccc1)C=CCC4. The number of allylic oxidation sites excluding steroid dienone is 1. The molecule has 1 atom stereocenters. The standard InChI is InChI=1S/C22H22N2/c1-22(2)17-13-19-16(15-10-6-7-11-18(15)23-19)12-20(17)24-21(22)14-8-4-3-5-9-14/h3-6,8-10,12-13,21,23-24H,7,11H2,1-2H3. The van der Waals surface area contributed by atoms with Crippen LogP contribution in [0.5, 0.6) is 0 Å². The molecular weight excluding hydrogens is 292 g/mol. The fraction of sp³-hybridized carbons (Fsp3) is 0.273. The molecule has 2 aliphatic rings. The Hall–Kier alpha value is -2.48. The Morgan fingerprint density at radius 2 is 1.92 bits per heavy atom. The molecule has 2 N–H and O–H groups in total. The molecule has 0 saturated heterocycles. The molecule has 2 heteroatoms. The van der Waals surface area contributed by atoms with E-state index in [0.29, 0.717) is 6.04 Å². The maximum absolute atomic E-state index is 3.79. The topological polar surface area (TPSA) is 27.8 Å². The largest absolute Gasteiger partial charge is 0.377 e. The number of benzene rings is 2. The van der Waals surface area contributed by atoms with E-state index in [4.69, 9.17) is 0 Å². The summed E-state index contributed by atoms with van der Waals surface area (Å²) in [5, 5.41) is 5.14. The Morgan fingerprint density at radius 3 is 2.75 bits per heavy atom. The molecule has 1 aromatic heterocycles. The van der Waals surface area contributed by atoms with Crippen molar-refractivity contribution in [1.82, 2.24) is 4.98 Å². The van der Waals surface area contributed by atoms with Crippen LogP contribution in [0.2, 0.25) is 0 Å². The van der Waals surface area contributed by atoms with Crippen LogP contribution in [0, 0.1) is 0 Å². The molecule has 120 valence electrons. The molecule has 5 rings (SSSR count). The quantitative estimate of drug-likeness (QED) is 0.603. The fourth-order valence-electron chi connectivity index (χ4n) is 4.42. The first kappa shape index (κ1) is 13.9. The minimum absolute atomic E-state index is 0.0618. The van der Waals surface area contributed by atoms with Gasteiger partial charge in [0, 0.05) is 33.3 Å². The van der Waals surface area contributed by atoms with Gasteiger partial charge in [0.25, 0.3) is 0 Å². The predicted molar refractivity (Wildman–Crippen MR) is 101 cm³/mol. The van der Waals surface area contributed by atoms with E-state index in [-0.39, 0.29) is 5.41 Å². The van der Waals surface area contributed by atoms with Gasteiger partial charge in [-0.3, -0.25) is 0 Å². The molecule has 0 spiro atoms. The highest BCUT2D eigenvalue weighted by molar-refractivity contribution is 5.95. The van der Waals surface area contributed by atoms with E-state index in [1.807, 2.05) is 0 Å². The Morgan fingerprint density at radius 1 is 1.08 bits per heavy atom. The number of anilines is 1. The zero-order chi connectivity index (χ0) is 16.3. The second-order valence-corrected chi connectivity index (χ2v) is 7.61. The van der Waals surface area contributed by atoms with Gasteiger partial charge < -0.3 is 10.3 Å². The number of nitrogens with one attached hydrogen (secondary N) is 2. The van der Waals surface area contributed by atoms with Crippen molar-refractivity contribution in [3.63, 3.8) is 0 Å². The average Bonchev–Trinajstić information content (AvgIpc) is 3.09. The lowest BCUT2D eigenvalue weighted by Gasteiger charge is -2.28. The van der Waals surface area contributed by atoms with Crippen LogP contribution in [-0.4, -0.2) is 4.98 Å². The van der Waals surface area contributed by atoms with Gasteiger partial charge in [-0.15, -0.1) is 0 Å². The number of aromatic amines is 1. The third-order valence-corrected chi connectivity index (χ3v) is 5.75. The number of aromatic nitrogens is 1. The molecule has 1 aliphatic heterocycles. The minimum atomic E-state index is 0.0618. The number of rotatable bonds is 1. The Labute approximate surface area is 142 Å². The minimum Gasteiger partial charge on any atom is -0.377 e. The summed E-state index contributed by atoms with van der Waals surface area (Å²) in [7, 11) is 0. The first-order valence-electron chi connectivity index (χ1n) is 8.82. The van der Waals surface area contributed by atoms with Gasteiger partial charge in [0.05, 0.1) is 6.04 Å². The molecule has 0 amide bonds. The van der Waals surface area contributed by atoms with Crippen molar-refractivity contribution in [2.45, 2.75) is 38.1 Å². The van der Waals surface area contributed by atoms with Crippen molar-refractivity contribution >= 4 is 22.7 Å². The molecule has 2 nitrogen and oxygen atoms in total. The molecule has 1 aliphatic carbocycles. The average molecular weight is 314 g/mol. The second-order valence-electron chi connectivity index (χ2n) is 7.61. The van der Waals surface area contributed by atoms with E-state index >= 15 is 0 Å². The second kappa shape index (κ2) is 4.76. The van der Waals surface area contributed by atoms with E-state index in [0.717, 1.165) is 12.8 Å². The third kappa shape index (κ3) is 1.83. The summed E-state index contributed by atoms with van der Waals surface area (Å²) in [4.78, 5) is 3.66. The molecule has 2 aromatic carbocycles. The van der Waals surface area contributed by atoms with Crippen molar-refractivity contribution in [3.8, 4) is 0 Å².